The first-order valence-electron chi connectivity index (χ1n) is 13.0. The first-order valence-corrected chi connectivity index (χ1v) is 14.2. The molecule has 9 nitrogen and oxygen atoms in total. The number of rotatable bonds is 6. The molecule has 216 valence electrons. The smallest absolute Gasteiger partial charge is 0.481 e. The molecule has 0 saturated carbocycles. The van der Waals surface area contributed by atoms with Crippen LogP contribution in [0.15, 0.2) is 73.2 Å². The van der Waals surface area contributed by atoms with Gasteiger partial charge in [-0.3, -0.25) is 0 Å². The maximum Gasteiger partial charge on any atom is 0.500 e. The number of halogens is 2. The predicted octanol–water partition coefficient (Wildman–Crippen LogP) is 6.80. The SMILES string of the molecule is COc1ncccc1B1OC(C)(C)C(C)(C)O1.Fc1ccc2sc(Nc3ccc(Oc4nccnc4Cl)cc3)nc2c1. The van der Waals surface area contributed by atoms with E-state index < -0.39 is 7.12 Å². The van der Waals surface area contributed by atoms with Crippen LogP contribution in [0, 0.1) is 5.82 Å². The molecule has 1 fully saturated rings. The van der Waals surface area contributed by atoms with Crippen molar-refractivity contribution in [3.63, 3.8) is 0 Å². The van der Waals surface area contributed by atoms with E-state index in [1.54, 1.807) is 31.5 Å². The molecule has 42 heavy (non-hydrogen) atoms. The van der Waals surface area contributed by atoms with E-state index >= 15 is 0 Å². The molecule has 0 radical (unpaired) electrons. The van der Waals surface area contributed by atoms with Crippen molar-refractivity contribution in [2.75, 3.05) is 12.4 Å². The Kier molecular flexibility index (Phi) is 8.60. The molecule has 0 aliphatic carbocycles. The number of fused-ring (bicyclic) bond motifs is 1. The molecule has 6 rings (SSSR count). The molecule has 5 aromatic rings. The van der Waals surface area contributed by atoms with E-state index in [-0.39, 0.29) is 28.1 Å². The van der Waals surface area contributed by atoms with Crippen LogP contribution in [0.3, 0.4) is 0 Å². The molecular weight excluding hydrogens is 580 g/mol. The zero-order chi connectivity index (χ0) is 29.9. The lowest BCUT2D eigenvalue weighted by Gasteiger charge is -2.32. The predicted molar refractivity (Wildman–Crippen MR) is 163 cm³/mol. The van der Waals surface area contributed by atoms with E-state index in [0.717, 1.165) is 15.9 Å². The number of methoxy groups -OCH3 is 1. The number of nitrogens with one attached hydrogen (secondary N) is 1. The van der Waals surface area contributed by atoms with E-state index in [0.29, 0.717) is 22.3 Å². The second-order valence-corrected chi connectivity index (χ2v) is 11.6. The highest BCUT2D eigenvalue weighted by Crippen LogP contribution is 2.37. The van der Waals surface area contributed by atoms with E-state index in [1.807, 2.05) is 52.0 Å². The maximum absolute atomic E-state index is 13.2. The fraction of sp³-hybridized carbons (Fsp3) is 0.241. The Morgan fingerprint density at radius 2 is 1.60 bits per heavy atom. The Labute approximate surface area is 252 Å². The van der Waals surface area contributed by atoms with Crippen LogP contribution in [-0.4, -0.2) is 45.4 Å². The molecule has 2 aromatic carbocycles. The summed E-state index contributed by atoms with van der Waals surface area (Å²) in [6.07, 6.45) is 4.69. The van der Waals surface area contributed by atoms with Gasteiger partial charge in [-0.15, -0.1) is 0 Å². The molecule has 0 bridgehead atoms. The largest absolute Gasteiger partial charge is 0.500 e. The third-order valence-electron chi connectivity index (χ3n) is 6.79. The summed E-state index contributed by atoms with van der Waals surface area (Å²) >= 11 is 7.37. The van der Waals surface area contributed by atoms with Crippen LogP contribution in [-0.2, 0) is 9.31 Å². The van der Waals surface area contributed by atoms with Crippen LogP contribution in [0.2, 0.25) is 5.15 Å². The molecule has 4 heterocycles. The summed E-state index contributed by atoms with van der Waals surface area (Å²) in [5.41, 5.74) is 1.59. The molecular formula is C29H28BClFN5O4S. The Morgan fingerprint density at radius 1 is 0.905 bits per heavy atom. The highest BCUT2D eigenvalue weighted by atomic mass is 35.5. The van der Waals surface area contributed by atoms with Gasteiger partial charge in [-0.05, 0) is 70.2 Å². The third-order valence-corrected chi connectivity index (χ3v) is 8.00. The van der Waals surface area contributed by atoms with Crippen molar-refractivity contribution >= 4 is 56.6 Å². The van der Waals surface area contributed by atoms with Crippen molar-refractivity contribution < 1.29 is 23.2 Å². The zero-order valence-electron chi connectivity index (χ0n) is 23.6. The molecule has 0 spiro atoms. The van der Waals surface area contributed by atoms with Crippen molar-refractivity contribution in [2.45, 2.75) is 38.9 Å². The van der Waals surface area contributed by atoms with Gasteiger partial charge in [0.1, 0.15) is 11.6 Å². The van der Waals surface area contributed by atoms with Gasteiger partial charge in [-0.25, -0.2) is 24.3 Å². The third kappa shape index (κ3) is 6.62. The van der Waals surface area contributed by atoms with Gasteiger partial charge in [0, 0.05) is 35.8 Å². The number of aromatic nitrogens is 4. The summed E-state index contributed by atoms with van der Waals surface area (Å²) in [7, 11) is 1.17. The van der Waals surface area contributed by atoms with Crippen molar-refractivity contribution in [3.8, 4) is 17.5 Å². The summed E-state index contributed by atoms with van der Waals surface area (Å²) in [5.74, 6) is 1.08. The van der Waals surface area contributed by atoms with E-state index in [1.165, 1.54) is 35.9 Å². The van der Waals surface area contributed by atoms with Gasteiger partial charge in [0.25, 0.3) is 5.88 Å². The lowest BCUT2D eigenvalue weighted by molar-refractivity contribution is 0.00578. The fourth-order valence-electron chi connectivity index (χ4n) is 3.90. The van der Waals surface area contributed by atoms with Gasteiger partial charge in [0.05, 0.1) is 28.5 Å². The summed E-state index contributed by atoms with van der Waals surface area (Å²) in [6.45, 7) is 8.09. The second kappa shape index (κ2) is 12.2. The van der Waals surface area contributed by atoms with Gasteiger partial charge >= 0.3 is 7.12 Å². The highest BCUT2D eigenvalue weighted by Gasteiger charge is 2.52. The van der Waals surface area contributed by atoms with Crippen LogP contribution >= 0.6 is 22.9 Å². The molecule has 0 atom stereocenters. The van der Waals surface area contributed by atoms with Gasteiger partial charge in [0.15, 0.2) is 10.3 Å². The van der Waals surface area contributed by atoms with Crippen molar-refractivity contribution in [3.05, 3.63) is 84.2 Å². The van der Waals surface area contributed by atoms with Gasteiger partial charge < -0.3 is 24.1 Å². The first kappa shape index (κ1) is 29.7. The van der Waals surface area contributed by atoms with Gasteiger partial charge in [-0.2, -0.15) is 0 Å². The first-order chi connectivity index (χ1) is 20.0. The number of anilines is 2. The molecule has 1 N–H and O–H groups in total. The average Bonchev–Trinajstić information content (AvgIpc) is 3.46. The molecule has 3 aromatic heterocycles. The quantitative estimate of drug-likeness (QED) is 0.209. The highest BCUT2D eigenvalue weighted by molar-refractivity contribution is 7.22. The minimum absolute atomic E-state index is 0.200. The topological polar surface area (TPSA) is 101 Å². The van der Waals surface area contributed by atoms with E-state index in [2.05, 4.69) is 25.3 Å². The van der Waals surface area contributed by atoms with Crippen molar-refractivity contribution in [1.82, 2.24) is 19.9 Å². The van der Waals surface area contributed by atoms with Crippen LogP contribution in [0.25, 0.3) is 10.2 Å². The molecule has 1 aliphatic rings. The number of ether oxygens (including phenoxy) is 2. The standard InChI is InChI=1S/C17H10ClFN4OS.C12H18BNO3/c18-15-16(21-8-7-20-15)24-12-4-2-11(3-5-12)22-17-23-13-9-10(19)1-6-14(13)25-17;1-11(2)12(3,4)17-13(16-11)9-7-6-8-14-10(9)15-5/h1-9H,(H,22,23);6-8H,1-5H3. The van der Waals surface area contributed by atoms with Gasteiger partial charge in [0.2, 0.25) is 5.88 Å². The van der Waals surface area contributed by atoms with Gasteiger partial charge in [-0.1, -0.05) is 29.0 Å². The minimum atomic E-state index is -0.427. The number of nitrogens with zero attached hydrogens (tertiary/aromatic N) is 4. The number of pyridine rings is 1. The lowest BCUT2D eigenvalue weighted by Crippen LogP contribution is -2.41. The lowest BCUT2D eigenvalue weighted by atomic mass is 9.80. The molecule has 13 heteroatoms. The summed E-state index contributed by atoms with van der Waals surface area (Å²) in [5, 5.41) is 4.08. The van der Waals surface area contributed by atoms with E-state index in [4.69, 9.17) is 30.4 Å². The Bertz CT molecular complexity index is 1670. The summed E-state index contributed by atoms with van der Waals surface area (Å²) < 4.78 is 36.9. The Hall–Kier alpha value is -3.84. The molecule has 0 unspecified atom stereocenters. The second-order valence-electron chi connectivity index (χ2n) is 10.2. The Balaban J connectivity index is 0.000000181. The molecule has 0 amide bonds. The van der Waals surface area contributed by atoms with Crippen molar-refractivity contribution in [2.24, 2.45) is 0 Å². The normalized spacial score (nSPS) is 15.2. The maximum atomic E-state index is 13.2. The van der Waals surface area contributed by atoms with Crippen LogP contribution in [0.5, 0.6) is 17.5 Å². The zero-order valence-corrected chi connectivity index (χ0v) is 25.2. The number of thiazole rings is 1. The van der Waals surface area contributed by atoms with Crippen LogP contribution in [0.1, 0.15) is 27.7 Å². The Morgan fingerprint density at radius 3 is 2.29 bits per heavy atom. The van der Waals surface area contributed by atoms with Crippen LogP contribution < -0.4 is 20.3 Å². The number of hydrogen-bond acceptors (Lipinski definition) is 10. The molecule has 1 saturated heterocycles. The summed E-state index contributed by atoms with van der Waals surface area (Å²) in [6, 6.07) is 15.6. The number of benzene rings is 2. The van der Waals surface area contributed by atoms with Crippen molar-refractivity contribution in [1.29, 1.82) is 0 Å². The van der Waals surface area contributed by atoms with E-state index in [9.17, 15) is 4.39 Å². The fourth-order valence-corrected chi connectivity index (χ4v) is 4.91. The summed E-state index contributed by atoms with van der Waals surface area (Å²) in [4.78, 5) is 16.5. The van der Waals surface area contributed by atoms with Crippen LogP contribution in [0.4, 0.5) is 15.2 Å². The average molecular weight is 608 g/mol. The molecule has 1 aliphatic heterocycles. The number of hydrogen-bond donors (Lipinski definition) is 1. The monoisotopic (exact) mass is 607 g/mol. The minimum Gasteiger partial charge on any atom is -0.481 e.